The van der Waals surface area contributed by atoms with Crippen LogP contribution in [-0.4, -0.2) is 5.92 Å². The summed E-state index contributed by atoms with van der Waals surface area (Å²) in [4.78, 5) is 0. The second-order valence-corrected chi connectivity index (χ2v) is 38.8. The Balaban J connectivity index is 1.23. The standard InChI is InChI=1S/2C27H25.C2H7Si.Zr/c2*1-18-3-9-22(10-4-18)24-13-14-25(23-11-5-19(2)6-12-23)27-17-21(16-26(24)27)15-20-7-8-20;1-3-2;/h2*3-6,9-14,16-17,20H,7-8,15H2,1-2H3;3H,1-2H3;. The Bertz CT molecular complexity index is 2380. The molecule has 2 saturated carbocycles. The second-order valence-electron chi connectivity index (χ2n) is 18.7. The average Bonchev–Trinajstić information content (AvgIpc) is 4.15. The van der Waals surface area contributed by atoms with Crippen molar-refractivity contribution in [3.8, 4) is 44.5 Å². The Labute approximate surface area is 356 Å². The van der Waals surface area contributed by atoms with Crippen LogP contribution in [0.25, 0.3) is 56.7 Å². The van der Waals surface area contributed by atoms with E-state index in [1.54, 1.807) is 22.3 Å². The molecule has 2 heteroatoms. The van der Waals surface area contributed by atoms with Crippen molar-refractivity contribution in [3.05, 3.63) is 177 Å². The van der Waals surface area contributed by atoms with E-state index in [0.717, 1.165) is 11.8 Å². The summed E-state index contributed by atoms with van der Waals surface area (Å²) in [6, 6.07) is 47.7. The molecule has 0 N–H and O–H groups in total. The van der Waals surface area contributed by atoms with Gasteiger partial charge < -0.3 is 0 Å². The fraction of sp³-hybridized carbons (Fsp3) is 0.286. The van der Waals surface area contributed by atoms with Crippen molar-refractivity contribution < 1.29 is 20.9 Å². The molecule has 0 saturated heterocycles. The van der Waals surface area contributed by atoms with E-state index in [4.69, 9.17) is 0 Å². The molecule has 6 aromatic carbocycles. The molecule has 4 aliphatic rings. The summed E-state index contributed by atoms with van der Waals surface area (Å²) in [5.41, 5.74) is 26.7. The monoisotopic (exact) mass is 847 g/mol. The number of benzene rings is 6. The summed E-state index contributed by atoms with van der Waals surface area (Å²) in [6.45, 7) is 14.4. The van der Waals surface area contributed by atoms with Crippen molar-refractivity contribution in [3.63, 3.8) is 0 Å². The quantitative estimate of drug-likeness (QED) is 0.114. The number of rotatable bonds is 11. The van der Waals surface area contributed by atoms with Crippen molar-refractivity contribution in [1.29, 1.82) is 0 Å². The van der Waals surface area contributed by atoms with Gasteiger partial charge in [0.05, 0.1) is 0 Å². The zero-order valence-corrected chi connectivity index (χ0v) is 38.9. The molecule has 289 valence electrons. The maximum atomic E-state index is 2.78. The van der Waals surface area contributed by atoms with Crippen molar-refractivity contribution in [2.45, 2.75) is 86.6 Å². The average molecular weight is 849 g/mol. The van der Waals surface area contributed by atoms with Crippen LogP contribution in [-0.2, 0) is 20.9 Å². The SMILES string of the molecule is Cc1ccc(-c2ccc(-c3ccc(C)cc3)c3c2C=C(CC2CC2)[CH]3[Zr]([CH]2C(CC3CC3)=Cc3c(-c4ccc(C)cc4)ccc(-c4ccc(C)cc4)c32)[SiH](C)C)cc1. The molecule has 0 amide bonds. The summed E-state index contributed by atoms with van der Waals surface area (Å²) in [5.74, 6) is 0.537. The molecule has 2 unspecified atom stereocenters. The molecule has 58 heavy (non-hydrogen) atoms. The van der Waals surface area contributed by atoms with E-state index in [1.807, 2.05) is 0 Å². The second kappa shape index (κ2) is 15.5. The van der Waals surface area contributed by atoms with Crippen molar-refractivity contribution in [1.82, 2.24) is 0 Å². The minimum atomic E-state index is -2.53. The van der Waals surface area contributed by atoms with Gasteiger partial charge in [-0.15, -0.1) is 0 Å². The molecule has 4 aliphatic carbocycles. The van der Waals surface area contributed by atoms with Crippen LogP contribution in [0.3, 0.4) is 0 Å². The Hall–Kier alpha value is -4.10. The van der Waals surface area contributed by atoms with Gasteiger partial charge in [-0.2, -0.15) is 0 Å². The van der Waals surface area contributed by atoms with Gasteiger partial charge in [0.1, 0.15) is 0 Å². The van der Waals surface area contributed by atoms with Gasteiger partial charge in [0.15, 0.2) is 0 Å². The molecule has 0 radical (unpaired) electrons. The molecule has 0 aromatic heterocycles. The third-order valence-electron chi connectivity index (χ3n) is 13.8. The van der Waals surface area contributed by atoms with Gasteiger partial charge in [-0.05, 0) is 0 Å². The van der Waals surface area contributed by atoms with Crippen LogP contribution >= 0.6 is 0 Å². The van der Waals surface area contributed by atoms with E-state index in [9.17, 15) is 0 Å². The van der Waals surface area contributed by atoms with Gasteiger partial charge in [0.25, 0.3) is 0 Å². The van der Waals surface area contributed by atoms with E-state index in [0.29, 0.717) is 7.25 Å². The van der Waals surface area contributed by atoms with Gasteiger partial charge in [-0.1, -0.05) is 0 Å². The maximum absolute atomic E-state index is 2.78. The van der Waals surface area contributed by atoms with Gasteiger partial charge in [-0.25, -0.2) is 0 Å². The topological polar surface area (TPSA) is 0 Å². The first-order chi connectivity index (χ1) is 28.2. The van der Waals surface area contributed by atoms with Gasteiger partial charge >= 0.3 is 359 Å². The Kier molecular flexibility index (Phi) is 10.2. The van der Waals surface area contributed by atoms with Crippen LogP contribution in [0.15, 0.2) is 132 Å². The Morgan fingerprint density at radius 1 is 0.414 bits per heavy atom. The zero-order valence-electron chi connectivity index (χ0n) is 35.3. The normalized spacial score (nSPS) is 18.3. The van der Waals surface area contributed by atoms with Crippen LogP contribution in [0.2, 0.25) is 13.1 Å². The third-order valence-corrected chi connectivity index (χ3v) is 35.4. The van der Waals surface area contributed by atoms with Crippen molar-refractivity contribution >= 4 is 18.1 Å². The van der Waals surface area contributed by atoms with E-state index >= 15 is 0 Å². The summed E-state index contributed by atoms with van der Waals surface area (Å²) in [6.07, 6.45) is 13.7. The zero-order chi connectivity index (χ0) is 39.7. The summed E-state index contributed by atoms with van der Waals surface area (Å²) < 4.78 is 1.16. The van der Waals surface area contributed by atoms with E-state index in [1.165, 1.54) is 116 Å². The summed E-state index contributed by atoms with van der Waals surface area (Å²) in [7, 11) is 0. The molecule has 0 heterocycles. The number of fused-ring (bicyclic) bond motifs is 2. The molecule has 10 rings (SSSR count). The fourth-order valence-corrected chi connectivity index (χ4v) is 33.1. The van der Waals surface area contributed by atoms with Gasteiger partial charge in [0, 0.05) is 0 Å². The van der Waals surface area contributed by atoms with Gasteiger partial charge in [-0.3, -0.25) is 0 Å². The van der Waals surface area contributed by atoms with Crippen LogP contribution in [0, 0.1) is 39.5 Å². The molecule has 0 nitrogen and oxygen atoms in total. The molecular formula is C56H57SiZr. The predicted octanol–water partition coefficient (Wildman–Crippen LogP) is 15.4. The number of allylic oxidation sites excluding steroid dienone is 2. The molecule has 2 atom stereocenters. The van der Waals surface area contributed by atoms with E-state index in [-0.39, 0.29) is 0 Å². The summed E-state index contributed by atoms with van der Waals surface area (Å²) in [5, 5.41) is 0. The molecule has 0 spiro atoms. The summed E-state index contributed by atoms with van der Waals surface area (Å²) >= 11 is -2.53. The predicted molar refractivity (Wildman–Crippen MR) is 249 cm³/mol. The molecular weight excluding hydrogens is 792 g/mol. The molecule has 0 bridgehead atoms. The third kappa shape index (κ3) is 7.28. The first-order valence-electron chi connectivity index (χ1n) is 22.1. The van der Waals surface area contributed by atoms with Crippen LogP contribution < -0.4 is 0 Å². The number of aryl methyl sites for hydroxylation is 4. The Morgan fingerprint density at radius 2 is 0.707 bits per heavy atom. The fourth-order valence-electron chi connectivity index (χ4n) is 10.3. The van der Waals surface area contributed by atoms with Crippen LogP contribution in [0.4, 0.5) is 0 Å². The van der Waals surface area contributed by atoms with Crippen LogP contribution in [0.5, 0.6) is 0 Å². The minimum absolute atomic E-state index is 0.582. The first kappa shape index (κ1) is 38.1. The number of hydrogen-bond acceptors (Lipinski definition) is 0. The number of hydrogen-bond donors (Lipinski definition) is 0. The first-order valence-corrected chi connectivity index (χ1v) is 32.1. The Morgan fingerprint density at radius 3 is 1.00 bits per heavy atom. The van der Waals surface area contributed by atoms with E-state index < -0.39 is 26.8 Å². The van der Waals surface area contributed by atoms with E-state index in [2.05, 4.69) is 174 Å². The molecule has 2 fully saturated rings. The van der Waals surface area contributed by atoms with Crippen LogP contribution in [0.1, 0.15) is 90.3 Å². The molecule has 0 aliphatic heterocycles. The van der Waals surface area contributed by atoms with Crippen molar-refractivity contribution in [2.75, 3.05) is 0 Å². The van der Waals surface area contributed by atoms with Crippen molar-refractivity contribution in [2.24, 2.45) is 11.8 Å². The van der Waals surface area contributed by atoms with Gasteiger partial charge in [0.2, 0.25) is 0 Å². The molecule has 6 aromatic rings.